The monoisotopic (exact) mass is 404 g/mol. The summed E-state index contributed by atoms with van der Waals surface area (Å²) in [5.41, 5.74) is 1.31. The number of likely N-dealkylation sites (tertiary alicyclic amines) is 1. The first-order valence-electron chi connectivity index (χ1n) is 9.68. The van der Waals surface area contributed by atoms with Crippen molar-refractivity contribution in [2.75, 3.05) is 13.1 Å². The molecule has 3 rings (SSSR count). The summed E-state index contributed by atoms with van der Waals surface area (Å²) in [6.07, 6.45) is 1.38. The Bertz CT molecular complexity index is 959. The highest BCUT2D eigenvalue weighted by atomic mass is 32.1. The number of hydrogen-bond acceptors (Lipinski definition) is 5. The van der Waals surface area contributed by atoms with Gasteiger partial charge in [-0.1, -0.05) is 0 Å². The Morgan fingerprint density at radius 3 is 2.46 bits per heavy atom. The van der Waals surface area contributed by atoms with Crippen LogP contribution in [0.3, 0.4) is 0 Å². The minimum atomic E-state index is -0.498. The highest BCUT2D eigenvalue weighted by Crippen LogP contribution is 2.28. The number of aromatic nitrogens is 1. The van der Waals surface area contributed by atoms with Gasteiger partial charge in [0, 0.05) is 30.8 Å². The van der Waals surface area contributed by atoms with Crippen molar-refractivity contribution in [3.8, 4) is 0 Å². The van der Waals surface area contributed by atoms with E-state index in [2.05, 4.69) is 0 Å². The summed E-state index contributed by atoms with van der Waals surface area (Å²) >= 11 is 1.50. The first-order chi connectivity index (χ1) is 13.1. The first kappa shape index (κ1) is 20.6. The minimum absolute atomic E-state index is 0.0696. The van der Waals surface area contributed by atoms with E-state index in [0.717, 1.165) is 23.1 Å². The average Bonchev–Trinajstić information content (AvgIpc) is 3.06. The molecular weight excluding hydrogens is 376 g/mol. The molecule has 2 aromatic rings. The van der Waals surface area contributed by atoms with E-state index in [1.165, 1.54) is 18.3 Å². The zero-order chi connectivity index (χ0) is 20.6. The molecule has 1 saturated heterocycles. The lowest BCUT2D eigenvalue weighted by atomic mass is 9.96. The molecule has 28 heavy (non-hydrogen) atoms. The standard InChI is InChI=1S/C21H28N2O4S/c1-13-17(14(2)24)18-16(8-11-28-18)23(19(13)25)12-15-6-9-22(10-7-15)20(26)27-21(3,4)5/h8,11,15H,6-7,9-10,12H2,1-5H3. The normalized spacial score (nSPS) is 15.8. The van der Waals surface area contributed by atoms with Crippen molar-refractivity contribution in [2.24, 2.45) is 5.92 Å². The lowest BCUT2D eigenvalue weighted by Crippen LogP contribution is -2.42. The molecule has 1 amide bonds. The van der Waals surface area contributed by atoms with Crippen molar-refractivity contribution in [2.45, 2.75) is 59.6 Å². The molecule has 152 valence electrons. The second kappa shape index (κ2) is 7.70. The van der Waals surface area contributed by atoms with Crippen molar-refractivity contribution in [3.05, 3.63) is 32.9 Å². The van der Waals surface area contributed by atoms with E-state index < -0.39 is 5.60 Å². The maximum absolute atomic E-state index is 12.9. The van der Waals surface area contributed by atoms with Crippen LogP contribution in [0, 0.1) is 12.8 Å². The summed E-state index contributed by atoms with van der Waals surface area (Å²) in [6.45, 7) is 10.7. The van der Waals surface area contributed by atoms with E-state index in [1.54, 1.807) is 16.4 Å². The van der Waals surface area contributed by atoms with Gasteiger partial charge < -0.3 is 14.2 Å². The van der Waals surface area contributed by atoms with Crippen LogP contribution in [0.25, 0.3) is 10.2 Å². The predicted molar refractivity (Wildman–Crippen MR) is 111 cm³/mol. The van der Waals surface area contributed by atoms with Gasteiger partial charge in [-0.15, -0.1) is 11.3 Å². The molecule has 0 aliphatic carbocycles. The molecular formula is C21H28N2O4S. The number of carbonyl (C=O) groups excluding carboxylic acids is 2. The Kier molecular flexibility index (Phi) is 5.66. The molecule has 6 nitrogen and oxygen atoms in total. The van der Waals surface area contributed by atoms with Gasteiger partial charge in [0.15, 0.2) is 5.78 Å². The lowest BCUT2D eigenvalue weighted by molar-refractivity contribution is 0.0178. The molecule has 0 aromatic carbocycles. The molecule has 2 aromatic heterocycles. The van der Waals surface area contributed by atoms with Gasteiger partial charge in [-0.2, -0.15) is 0 Å². The number of nitrogens with zero attached hydrogens (tertiary/aromatic N) is 2. The van der Waals surface area contributed by atoms with Gasteiger partial charge in [0.05, 0.1) is 10.2 Å². The summed E-state index contributed by atoms with van der Waals surface area (Å²) in [7, 11) is 0. The minimum Gasteiger partial charge on any atom is -0.444 e. The van der Waals surface area contributed by atoms with Crippen molar-refractivity contribution >= 4 is 33.4 Å². The maximum atomic E-state index is 12.9. The Labute approximate surface area is 169 Å². The molecule has 0 radical (unpaired) electrons. The van der Waals surface area contributed by atoms with Crippen molar-refractivity contribution in [1.82, 2.24) is 9.47 Å². The fraction of sp³-hybridized carbons (Fsp3) is 0.571. The SMILES string of the molecule is CC(=O)c1c(C)c(=O)n(CC2CCN(C(=O)OC(C)(C)C)CC2)c2ccsc12. The smallest absolute Gasteiger partial charge is 0.410 e. The Balaban J connectivity index is 1.77. The zero-order valence-electron chi connectivity index (χ0n) is 17.2. The highest BCUT2D eigenvalue weighted by Gasteiger charge is 2.28. The molecule has 0 bridgehead atoms. The summed E-state index contributed by atoms with van der Waals surface area (Å²) in [4.78, 5) is 39.0. The molecule has 1 fully saturated rings. The van der Waals surface area contributed by atoms with Crippen LogP contribution in [-0.4, -0.2) is 40.0 Å². The summed E-state index contributed by atoms with van der Waals surface area (Å²) in [5, 5.41) is 1.93. The fourth-order valence-electron chi connectivity index (χ4n) is 3.78. The third-order valence-corrected chi connectivity index (χ3v) is 6.08. The molecule has 1 aliphatic heterocycles. The Hall–Kier alpha value is -2.15. The van der Waals surface area contributed by atoms with Crippen LogP contribution >= 0.6 is 11.3 Å². The van der Waals surface area contributed by atoms with Crippen LogP contribution in [0.5, 0.6) is 0 Å². The van der Waals surface area contributed by atoms with Gasteiger partial charge in [0.1, 0.15) is 5.60 Å². The number of ether oxygens (including phenoxy) is 1. The fourth-order valence-corrected chi connectivity index (χ4v) is 4.83. The van der Waals surface area contributed by atoms with Crippen LogP contribution < -0.4 is 5.56 Å². The Morgan fingerprint density at radius 1 is 1.25 bits per heavy atom. The van der Waals surface area contributed by atoms with Crippen molar-refractivity contribution in [1.29, 1.82) is 0 Å². The van der Waals surface area contributed by atoms with Crippen molar-refractivity contribution in [3.63, 3.8) is 0 Å². The molecule has 3 heterocycles. The molecule has 0 saturated carbocycles. The number of piperidine rings is 1. The molecule has 0 N–H and O–H groups in total. The van der Waals surface area contributed by atoms with Gasteiger partial charge in [-0.25, -0.2) is 4.79 Å². The summed E-state index contributed by atoms with van der Waals surface area (Å²) in [5.74, 6) is 0.238. The van der Waals surface area contributed by atoms with Gasteiger partial charge in [-0.05, 0) is 64.8 Å². The molecule has 7 heteroatoms. The van der Waals surface area contributed by atoms with E-state index >= 15 is 0 Å². The highest BCUT2D eigenvalue weighted by molar-refractivity contribution is 7.17. The number of rotatable bonds is 3. The van der Waals surface area contributed by atoms with E-state index in [9.17, 15) is 14.4 Å². The van der Waals surface area contributed by atoms with Crippen molar-refractivity contribution < 1.29 is 14.3 Å². The molecule has 1 aliphatic rings. The second-order valence-electron chi connectivity index (χ2n) is 8.52. The largest absolute Gasteiger partial charge is 0.444 e. The number of carbonyl (C=O) groups is 2. The second-order valence-corrected chi connectivity index (χ2v) is 9.43. The van der Waals surface area contributed by atoms with Crippen LogP contribution in [0.15, 0.2) is 16.2 Å². The topological polar surface area (TPSA) is 68.6 Å². The molecule has 0 unspecified atom stereocenters. The van der Waals surface area contributed by atoms with E-state index in [-0.39, 0.29) is 17.4 Å². The predicted octanol–water partition coefficient (Wildman–Crippen LogP) is 4.22. The van der Waals surface area contributed by atoms with Gasteiger partial charge >= 0.3 is 6.09 Å². The van der Waals surface area contributed by atoms with Crippen LogP contribution in [0.2, 0.25) is 0 Å². The third kappa shape index (κ3) is 4.14. The number of amides is 1. The van der Waals surface area contributed by atoms with E-state index in [0.29, 0.717) is 36.7 Å². The summed E-state index contributed by atoms with van der Waals surface area (Å²) < 4.78 is 8.14. The number of pyridine rings is 1. The average molecular weight is 405 g/mol. The van der Waals surface area contributed by atoms with Crippen LogP contribution in [-0.2, 0) is 11.3 Å². The van der Waals surface area contributed by atoms with Gasteiger partial charge in [-0.3, -0.25) is 9.59 Å². The number of Topliss-reactive ketones (excluding diaryl/α,β-unsaturated/α-hetero) is 1. The number of fused-ring (bicyclic) bond motifs is 1. The van der Waals surface area contributed by atoms with Gasteiger partial charge in [0.2, 0.25) is 0 Å². The molecule has 0 atom stereocenters. The quantitative estimate of drug-likeness (QED) is 0.718. The number of hydrogen-bond donors (Lipinski definition) is 0. The van der Waals surface area contributed by atoms with Crippen LogP contribution in [0.4, 0.5) is 4.79 Å². The first-order valence-corrected chi connectivity index (χ1v) is 10.6. The number of ketones is 1. The third-order valence-electron chi connectivity index (χ3n) is 5.16. The molecule has 0 spiro atoms. The van der Waals surface area contributed by atoms with Crippen LogP contribution in [0.1, 0.15) is 56.5 Å². The van der Waals surface area contributed by atoms with Gasteiger partial charge in [0.25, 0.3) is 5.56 Å². The Morgan fingerprint density at radius 2 is 1.89 bits per heavy atom. The zero-order valence-corrected chi connectivity index (χ0v) is 18.0. The number of thiophene rings is 1. The van der Waals surface area contributed by atoms with E-state index in [4.69, 9.17) is 4.74 Å². The van der Waals surface area contributed by atoms with E-state index in [1.807, 2.05) is 32.2 Å². The maximum Gasteiger partial charge on any atom is 0.410 e. The lowest BCUT2D eigenvalue weighted by Gasteiger charge is -2.33. The summed E-state index contributed by atoms with van der Waals surface area (Å²) in [6, 6.07) is 1.92.